The maximum absolute atomic E-state index is 13.3. The molecule has 0 atom stereocenters. The number of nitrogens with zero attached hydrogens (tertiary/aromatic N) is 3. The molecular weight excluding hydrogens is 369 g/mol. The Hall–Kier alpha value is -3.00. The molecule has 0 spiro atoms. The van der Waals surface area contributed by atoms with Crippen LogP contribution in [0, 0.1) is 5.82 Å². The average Bonchev–Trinajstić information content (AvgIpc) is 3.11. The average molecular weight is 385 g/mol. The van der Waals surface area contributed by atoms with Gasteiger partial charge < -0.3 is 14.5 Å². The number of hydrogen-bond acceptors (Lipinski definition) is 5. The Morgan fingerprint density at radius 1 is 1.07 bits per heavy atom. The number of pyridine rings is 1. The summed E-state index contributed by atoms with van der Waals surface area (Å²) in [5.41, 5.74) is 0. The highest BCUT2D eigenvalue weighted by Crippen LogP contribution is 2.27. The molecule has 0 bridgehead atoms. The van der Waals surface area contributed by atoms with E-state index in [9.17, 15) is 14.0 Å². The third-order valence-electron chi connectivity index (χ3n) is 4.35. The van der Waals surface area contributed by atoms with Crippen LogP contribution < -0.4 is 4.74 Å². The molecule has 138 valence electrons. The van der Waals surface area contributed by atoms with Gasteiger partial charge in [-0.25, -0.2) is 9.18 Å². The summed E-state index contributed by atoms with van der Waals surface area (Å²) in [6.45, 7) is 1.63. The van der Waals surface area contributed by atoms with Crippen LogP contribution in [0.15, 0.2) is 48.8 Å². The van der Waals surface area contributed by atoms with E-state index in [1.54, 1.807) is 40.3 Å². The normalized spacial score (nSPS) is 14.4. The highest BCUT2D eigenvalue weighted by atomic mass is 32.1. The molecule has 6 nitrogen and oxygen atoms in total. The predicted octanol–water partition coefficient (Wildman–Crippen LogP) is 3.39. The SMILES string of the molecule is O=C(Oc1cccnc1)N1CCN(C(=O)c2cc3cc(F)ccc3s2)CC1. The lowest BCUT2D eigenvalue weighted by atomic mass is 10.2. The van der Waals surface area contributed by atoms with E-state index in [0.717, 1.165) is 10.1 Å². The molecule has 8 heteroatoms. The first-order chi connectivity index (χ1) is 13.1. The number of aromatic nitrogens is 1. The molecule has 27 heavy (non-hydrogen) atoms. The maximum atomic E-state index is 13.3. The largest absolute Gasteiger partial charge is 0.415 e. The quantitative estimate of drug-likeness (QED) is 0.678. The van der Waals surface area contributed by atoms with E-state index in [4.69, 9.17) is 4.74 Å². The predicted molar refractivity (Wildman–Crippen MR) is 99.5 cm³/mol. The topological polar surface area (TPSA) is 62.7 Å². The van der Waals surface area contributed by atoms with Gasteiger partial charge in [0.25, 0.3) is 5.91 Å². The van der Waals surface area contributed by atoms with E-state index in [1.807, 2.05) is 0 Å². The van der Waals surface area contributed by atoms with Crippen molar-refractivity contribution >= 4 is 33.4 Å². The summed E-state index contributed by atoms with van der Waals surface area (Å²) >= 11 is 1.35. The maximum Gasteiger partial charge on any atom is 0.415 e. The summed E-state index contributed by atoms with van der Waals surface area (Å²) in [6, 6.07) is 9.56. The van der Waals surface area contributed by atoms with E-state index in [0.29, 0.717) is 36.8 Å². The summed E-state index contributed by atoms with van der Waals surface area (Å²) in [6.07, 6.45) is 2.62. The van der Waals surface area contributed by atoms with Crippen molar-refractivity contribution in [2.45, 2.75) is 0 Å². The summed E-state index contributed by atoms with van der Waals surface area (Å²) in [4.78, 5) is 32.7. The molecule has 1 saturated heterocycles. The summed E-state index contributed by atoms with van der Waals surface area (Å²) in [5.74, 6) is -0.0320. The number of halogens is 1. The Bertz CT molecular complexity index is 984. The first kappa shape index (κ1) is 17.4. The van der Waals surface area contributed by atoms with E-state index < -0.39 is 6.09 Å². The third kappa shape index (κ3) is 3.75. The lowest BCUT2D eigenvalue weighted by molar-refractivity contribution is 0.0638. The molecule has 0 N–H and O–H groups in total. The van der Waals surface area contributed by atoms with Crippen LogP contribution in [0.4, 0.5) is 9.18 Å². The zero-order chi connectivity index (χ0) is 18.8. The van der Waals surface area contributed by atoms with Crippen LogP contribution in [0.5, 0.6) is 5.75 Å². The van der Waals surface area contributed by atoms with Crippen LogP contribution in [-0.4, -0.2) is 53.0 Å². The summed E-state index contributed by atoms with van der Waals surface area (Å²) < 4.78 is 19.5. The van der Waals surface area contributed by atoms with E-state index >= 15 is 0 Å². The molecule has 2 amide bonds. The zero-order valence-corrected chi connectivity index (χ0v) is 15.1. The van der Waals surface area contributed by atoms with Gasteiger partial charge in [-0.05, 0) is 41.8 Å². The van der Waals surface area contributed by atoms with Crippen molar-refractivity contribution in [3.8, 4) is 5.75 Å². The highest BCUT2D eigenvalue weighted by molar-refractivity contribution is 7.20. The number of thiophene rings is 1. The molecule has 1 aliphatic rings. The van der Waals surface area contributed by atoms with Crippen molar-refractivity contribution in [3.05, 3.63) is 59.5 Å². The number of piperazine rings is 1. The van der Waals surface area contributed by atoms with E-state index in [1.165, 1.54) is 29.7 Å². The Balaban J connectivity index is 1.38. The van der Waals surface area contributed by atoms with Gasteiger partial charge in [-0.1, -0.05) is 0 Å². The minimum Gasteiger partial charge on any atom is -0.409 e. The van der Waals surface area contributed by atoms with Gasteiger partial charge in [0.2, 0.25) is 0 Å². The molecule has 3 aromatic rings. The molecule has 0 radical (unpaired) electrons. The van der Waals surface area contributed by atoms with Crippen molar-refractivity contribution < 1.29 is 18.7 Å². The van der Waals surface area contributed by atoms with E-state index in [-0.39, 0.29) is 11.7 Å². The molecule has 0 unspecified atom stereocenters. The number of fused-ring (bicyclic) bond motifs is 1. The number of rotatable bonds is 2. The van der Waals surface area contributed by atoms with Gasteiger partial charge >= 0.3 is 6.09 Å². The number of carbonyl (C=O) groups is 2. The first-order valence-electron chi connectivity index (χ1n) is 8.45. The van der Waals surface area contributed by atoms with Gasteiger partial charge in [-0.2, -0.15) is 0 Å². The molecule has 0 aliphatic carbocycles. The van der Waals surface area contributed by atoms with Crippen molar-refractivity contribution in [3.63, 3.8) is 0 Å². The Kier molecular flexibility index (Phi) is 4.72. The van der Waals surface area contributed by atoms with E-state index in [2.05, 4.69) is 4.98 Å². The molecule has 1 aromatic carbocycles. The minimum atomic E-state index is -0.451. The molecule has 1 aliphatic heterocycles. The number of ether oxygens (including phenoxy) is 1. The van der Waals surface area contributed by atoms with Gasteiger partial charge in [-0.15, -0.1) is 11.3 Å². The molecule has 2 aromatic heterocycles. The molecule has 4 rings (SSSR count). The summed E-state index contributed by atoms with van der Waals surface area (Å²) in [5, 5.41) is 0.724. The van der Waals surface area contributed by atoms with Crippen molar-refractivity contribution in [2.24, 2.45) is 0 Å². The van der Waals surface area contributed by atoms with Crippen LogP contribution in [0.25, 0.3) is 10.1 Å². The van der Waals surface area contributed by atoms with Crippen LogP contribution >= 0.6 is 11.3 Å². The molecule has 1 fully saturated rings. The summed E-state index contributed by atoms with van der Waals surface area (Å²) in [7, 11) is 0. The fourth-order valence-corrected chi connectivity index (χ4v) is 3.95. The molecule has 3 heterocycles. The number of hydrogen-bond donors (Lipinski definition) is 0. The monoisotopic (exact) mass is 385 g/mol. The van der Waals surface area contributed by atoms with Crippen molar-refractivity contribution in [2.75, 3.05) is 26.2 Å². The van der Waals surface area contributed by atoms with Crippen LogP contribution in [0.1, 0.15) is 9.67 Å². The van der Waals surface area contributed by atoms with Crippen LogP contribution in [0.3, 0.4) is 0 Å². The second kappa shape index (κ2) is 7.32. The Labute approximate surface area is 158 Å². The lowest BCUT2D eigenvalue weighted by Gasteiger charge is -2.33. The molecule has 0 saturated carbocycles. The Morgan fingerprint density at radius 2 is 1.85 bits per heavy atom. The highest BCUT2D eigenvalue weighted by Gasteiger charge is 2.27. The van der Waals surface area contributed by atoms with Crippen LogP contribution in [0.2, 0.25) is 0 Å². The van der Waals surface area contributed by atoms with Gasteiger partial charge in [0.1, 0.15) is 5.82 Å². The minimum absolute atomic E-state index is 0.100. The second-order valence-corrected chi connectivity index (χ2v) is 7.21. The van der Waals surface area contributed by atoms with Gasteiger partial charge in [-0.3, -0.25) is 9.78 Å². The second-order valence-electron chi connectivity index (χ2n) is 6.13. The van der Waals surface area contributed by atoms with Gasteiger partial charge in [0.05, 0.1) is 11.1 Å². The van der Waals surface area contributed by atoms with Crippen molar-refractivity contribution in [1.29, 1.82) is 0 Å². The fraction of sp³-hybridized carbons (Fsp3) is 0.211. The zero-order valence-electron chi connectivity index (χ0n) is 14.3. The molecular formula is C19H16FN3O3S. The van der Waals surface area contributed by atoms with Gasteiger partial charge in [0, 0.05) is 37.1 Å². The number of amides is 2. The third-order valence-corrected chi connectivity index (χ3v) is 5.46. The number of benzene rings is 1. The smallest absolute Gasteiger partial charge is 0.409 e. The van der Waals surface area contributed by atoms with Crippen molar-refractivity contribution in [1.82, 2.24) is 14.8 Å². The Morgan fingerprint density at radius 3 is 2.59 bits per heavy atom. The lowest BCUT2D eigenvalue weighted by Crippen LogP contribution is -2.51. The number of carbonyl (C=O) groups excluding carboxylic acids is 2. The fourth-order valence-electron chi connectivity index (χ4n) is 2.94. The van der Waals surface area contributed by atoms with Crippen LogP contribution in [-0.2, 0) is 0 Å². The van der Waals surface area contributed by atoms with Gasteiger partial charge in [0.15, 0.2) is 5.75 Å². The standard InChI is InChI=1S/C19H16FN3O3S/c20-14-3-4-16-13(10-14)11-17(27-16)18(24)22-6-8-23(9-7-22)19(25)26-15-2-1-5-21-12-15/h1-5,10-12H,6-9H2. The first-order valence-corrected chi connectivity index (χ1v) is 9.27.